The van der Waals surface area contributed by atoms with Crippen molar-refractivity contribution in [1.29, 1.82) is 5.26 Å². The topological polar surface area (TPSA) is 62.1 Å². The summed E-state index contributed by atoms with van der Waals surface area (Å²) in [5, 5.41) is 12.7. The first kappa shape index (κ1) is 13.1. The molecule has 1 amide bonds. The van der Waals surface area contributed by atoms with Gasteiger partial charge in [-0.25, -0.2) is 0 Å². The summed E-state index contributed by atoms with van der Waals surface area (Å²) in [5.74, 6) is 0.0176. The highest BCUT2D eigenvalue weighted by atomic mass is 32.1. The highest BCUT2D eigenvalue weighted by Crippen LogP contribution is 2.32. The molecule has 0 unspecified atom stereocenters. The number of hydrogen-bond acceptors (Lipinski definition) is 4. The molecule has 0 aromatic carbocycles. The van der Waals surface area contributed by atoms with Gasteiger partial charge in [0.2, 0.25) is 5.91 Å². The second-order valence-electron chi connectivity index (χ2n) is 4.48. The molecule has 2 heterocycles. The summed E-state index contributed by atoms with van der Waals surface area (Å²) >= 11 is 1.47. The molecule has 0 radical (unpaired) electrons. The number of nitrogens with zero attached hydrogens (tertiary/aromatic N) is 1. The van der Waals surface area contributed by atoms with Crippen molar-refractivity contribution in [2.24, 2.45) is 5.92 Å². The zero-order valence-electron chi connectivity index (χ0n) is 10.6. The van der Waals surface area contributed by atoms with Gasteiger partial charge in [0.05, 0.1) is 5.56 Å². The molecule has 1 saturated heterocycles. The van der Waals surface area contributed by atoms with Crippen LogP contribution in [0, 0.1) is 31.1 Å². The molecule has 4 nitrogen and oxygen atoms in total. The first-order valence-electron chi connectivity index (χ1n) is 6.02. The molecule has 96 valence electrons. The molecular weight excluding hydrogens is 248 g/mol. The van der Waals surface area contributed by atoms with E-state index in [1.54, 1.807) is 0 Å². The van der Waals surface area contributed by atoms with Crippen LogP contribution >= 0.6 is 11.3 Å². The summed E-state index contributed by atoms with van der Waals surface area (Å²) in [6.45, 7) is 5.16. The molecule has 0 atom stereocenters. The fraction of sp³-hybridized carbons (Fsp3) is 0.538. The average molecular weight is 264 g/mol. The molecule has 0 bridgehead atoms. The van der Waals surface area contributed by atoms with Gasteiger partial charge in [0, 0.05) is 24.0 Å². The first-order chi connectivity index (χ1) is 8.63. The van der Waals surface area contributed by atoms with Gasteiger partial charge in [-0.1, -0.05) is 0 Å². The number of thiophene rings is 1. The Labute approximate surface area is 111 Å². The van der Waals surface area contributed by atoms with Crippen LogP contribution in [0.1, 0.15) is 28.8 Å². The number of carbonyl (C=O) groups excluding carboxylic acids is 1. The number of carbonyl (C=O) groups is 1. The van der Waals surface area contributed by atoms with Crippen molar-refractivity contribution >= 4 is 22.2 Å². The van der Waals surface area contributed by atoms with Crippen LogP contribution in [0.5, 0.6) is 0 Å². The Bertz CT molecular complexity index is 496. The van der Waals surface area contributed by atoms with E-state index in [1.807, 2.05) is 13.8 Å². The minimum absolute atomic E-state index is 0.00741. The fourth-order valence-electron chi connectivity index (χ4n) is 2.02. The van der Waals surface area contributed by atoms with Crippen LogP contribution in [0.15, 0.2) is 0 Å². The zero-order chi connectivity index (χ0) is 13.1. The van der Waals surface area contributed by atoms with Crippen molar-refractivity contribution in [2.75, 3.05) is 18.5 Å². The molecule has 1 N–H and O–H groups in total. The number of nitrogens with one attached hydrogen (secondary N) is 1. The lowest BCUT2D eigenvalue weighted by Gasteiger charge is -2.20. The zero-order valence-corrected chi connectivity index (χ0v) is 11.4. The number of anilines is 1. The van der Waals surface area contributed by atoms with Gasteiger partial charge in [0.1, 0.15) is 11.1 Å². The quantitative estimate of drug-likeness (QED) is 0.893. The van der Waals surface area contributed by atoms with E-state index < -0.39 is 0 Å². The molecule has 0 saturated carbocycles. The summed E-state index contributed by atoms with van der Waals surface area (Å²) in [5.41, 5.74) is 1.56. The lowest BCUT2D eigenvalue weighted by molar-refractivity contribution is -0.122. The van der Waals surface area contributed by atoms with Gasteiger partial charge in [-0.15, -0.1) is 11.3 Å². The van der Waals surface area contributed by atoms with Gasteiger partial charge in [0.15, 0.2) is 0 Å². The predicted molar refractivity (Wildman–Crippen MR) is 70.7 cm³/mol. The summed E-state index contributed by atoms with van der Waals surface area (Å²) in [7, 11) is 0. The number of nitriles is 1. The second kappa shape index (κ2) is 5.51. The fourth-order valence-corrected chi connectivity index (χ4v) is 3.04. The van der Waals surface area contributed by atoms with E-state index in [1.165, 1.54) is 11.3 Å². The Kier molecular flexibility index (Phi) is 4.00. The molecule has 0 spiro atoms. The van der Waals surface area contributed by atoms with E-state index in [0.717, 1.165) is 23.3 Å². The van der Waals surface area contributed by atoms with Gasteiger partial charge in [-0.2, -0.15) is 5.26 Å². The Hall–Kier alpha value is -1.38. The van der Waals surface area contributed by atoms with Crippen molar-refractivity contribution < 1.29 is 9.53 Å². The molecule has 0 aliphatic carbocycles. The van der Waals surface area contributed by atoms with E-state index >= 15 is 0 Å². The molecule has 1 aliphatic rings. The lowest BCUT2D eigenvalue weighted by atomic mass is 9.99. The van der Waals surface area contributed by atoms with Gasteiger partial charge in [0.25, 0.3) is 0 Å². The minimum atomic E-state index is 0.00741. The van der Waals surface area contributed by atoms with E-state index in [9.17, 15) is 4.79 Å². The molecule has 18 heavy (non-hydrogen) atoms. The van der Waals surface area contributed by atoms with Crippen LogP contribution in [0.4, 0.5) is 5.00 Å². The standard InChI is InChI=1S/C13H16N2O2S/c1-8-9(2)18-13(11(8)7-14)15-12(16)10-3-5-17-6-4-10/h10H,3-6H2,1-2H3,(H,15,16). The smallest absolute Gasteiger partial charge is 0.228 e. The van der Waals surface area contributed by atoms with Crippen molar-refractivity contribution in [3.63, 3.8) is 0 Å². The molecule has 5 heteroatoms. The Balaban J connectivity index is 2.11. The first-order valence-corrected chi connectivity index (χ1v) is 6.83. The SMILES string of the molecule is Cc1sc(NC(=O)C2CCOCC2)c(C#N)c1C. The van der Waals surface area contributed by atoms with E-state index in [0.29, 0.717) is 23.8 Å². The van der Waals surface area contributed by atoms with E-state index in [4.69, 9.17) is 10.00 Å². The largest absolute Gasteiger partial charge is 0.381 e. The molecule has 1 fully saturated rings. The van der Waals surface area contributed by atoms with Crippen molar-refractivity contribution in [1.82, 2.24) is 0 Å². The van der Waals surface area contributed by atoms with Crippen molar-refractivity contribution in [3.8, 4) is 6.07 Å². The third kappa shape index (κ3) is 2.55. The molecule has 1 aromatic heterocycles. The maximum absolute atomic E-state index is 12.1. The Morgan fingerprint density at radius 1 is 1.44 bits per heavy atom. The summed E-state index contributed by atoms with van der Waals surface area (Å²) in [6.07, 6.45) is 1.52. The van der Waals surface area contributed by atoms with E-state index in [2.05, 4.69) is 11.4 Å². The second-order valence-corrected chi connectivity index (χ2v) is 5.70. The van der Waals surface area contributed by atoms with Crippen LogP contribution in [0.2, 0.25) is 0 Å². The number of ether oxygens (including phenoxy) is 1. The van der Waals surface area contributed by atoms with Crippen LogP contribution in [0.3, 0.4) is 0 Å². The molecule has 1 aromatic rings. The predicted octanol–water partition coefficient (Wildman–Crippen LogP) is 2.60. The van der Waals surface area contributed by atoms with Gasteiger partial charge in [-0.05, 0) is 32.3 Å². The third-order valence-corrected chi connectivity index (χ3v) is 4.45. The van der Waals surface area contributed by atoms with E-state index in [-0.39, 0.29) is 11.8 Å². The van der Waals surface area contributed by atoms with Gasteiger partial charge in [-0.3, -0.25) is 4.79 Å². The molecular formula is C13H16N2O2S. The summed E-state index contributed by atoms with van der Waals surface area (Å²) in [4.78, 5) is 13.2. The number of rotatable bonds is 2. The molecule has 2 rings (SSSR count). The summed E-state index contributed by atoms with van der Waals surface area (Å²) in [6, 6.07) is 2.16. The van der Waals surface area contributed by atoms with Gasteiger partial charge < -0.3 is 10.1 Å². The van der Waals surface area contributed by atoms with Crippen LogP contribution < -0.4 is 5.32 Å². The number of amides is 1. The van der Waals surface area contributed by atoms with Crippen LogP contribution in [0.25, 0.3) is 0 Å². The summed E-state index contributed by atoms with van der Waals surface area (Å²) < 4.78 is 5.24. The molecule has 1 aliphatic heterocycles. The lowest BCUT2D eigenvalue weighted by Crippen LogP contribution is -2.28. The third-order valence-electron chi connectivity index (χ3n) is 3.33. The number of aryl methyl sites for hydroxylation is 1. The van der Waals surface area contributed by atoms with Crippen LogP contribution in [-0.4, -0.2) is 19.1 Å². The van der Waals surface area contributed by atoms with Crippen molar-refractivity contribution in [3.05, 3.63) is 16.0 Å². The van der Waals surface area contributed by atoms with Crippen LogP contribution in [-0.2, 0) is 9.53 Å². The van der Waals surface area contributed by atoms with Crippen molar-refractivity contribution in [2.45, 2.75) is 26.7 Å². The average Bonchev–Trinajstić information content (AvgIpc) is 2.65. The minimum Gasteiger partial charge on any atom is -0.381 e. The maximum Gasteiger partial charge on any atom is 0.228 e. The highest BCUT2D eigenvalue weighted by molar-refractivity contribution is 7.16. The normalized spacial score (nSPS) is 16.3. The monoisotopic (exact) mass is 264 g/mol. The Morgan fingerprint density at radius 3 is 2.72 bits per heavy atom. The highest BCUT2D eigenvalue weighted by Gasteiger charge is 2.23. The maximum atomic E-state index is 12.1. The number of hydrogen-bond donors (Lipinski definition) is 1. The Morgan fingerprint density at radius 2 is 2.11 bits per heavy atom. The van der Waals surface area contributed by atoms with Gasteiger partial charge >= 0.3 is 0 Å².